The fraction of sp³-hybridized carbons (Fsp3) is 0.500. The molecule has 0 bridgehead atoms. The Morgan fingerprint density at radius 3 is 1.36 bits per heavy atom. The molecule has 0 radical (unpaired) electrons. The molecule has 0 atom stereocenters. The van der Waals surface area contributed by atoms with Crippen LogP contribution in [0.3, 0.4) is 0 Å². The Kier molecular flexibility index (Phi) is 7.74. The first-order valence-corrected chi connectivity index (χ1v) is 4.83. The van der Waals surface area contributed by atoms with Crippen LogP contribution in [0.4, 0.5) is 0 Å². The van der Waals surface area contributed by atoms with Crippen LogP contribution in [-0.2, 0) is 28.0 Å². The molecular weight excluding hydrogens is 239 g/mol. The molecule has 0 spiro atoms. The third-order valence-electron chi connectivity index (χ3n) is 0.883. The van der Waals surface area contributed by atoms with Gasteiger partial charge in [-0.25, -0.2) is 4.57 Å². The average molecular weight is 250 g/mol. The second-order valence-electron chi connectivity index (χ2n) is 2.18. The van der Waals surface area contributed by atoms with E-state index >= 15 is 0 Å². The van der Waals surface area contributed by atoms with Gasteiger partial charge < -0.3 is 9.05 Å². The third-order valence-corrected chi connectivity index (χ3v) is 2.65. The van der Waals surface area contributed by atoms with Crippen LogP contribution in [0, 0.1) is 0 Å². The van der Waals surface area contributed by atoms with Gasteiger partial charge >= 0.3 is 57.3 Å². The van der Waals surface area contributed by atoms with Gasteiger partial charge in [-0.05, 0) is 0 Å². The normalized spacial score (nSPS) is 9.64. The van der Waals surface area contributed by atoms with Crippen LogP contribution >= 0.6 is 7.60 Å². The van der Waals surface area contributed by atoms with Gasteiger partial charge in [-0.2, -0.15) is 0 Å². The summed E-state index contributed by atoms with van der Waals surface area (Å²) >= 11 is 0. The molecule has 78 valence electrons. The Balaban J connectivity index is 0. The van der Waals surface area contributed by atoms with Crippen molar-refractivity contribution in [3.05, 3.63) is 0 Å². The van der Waals surface area contributed by atoms with Crippen molar-refractivity contribution in [1.82, 2.24) is 0 Å². The average Bonchev–Trinajstić information content (AvgIpc) is 1.82. The maximum atomic E-state index is 11.3. The van der Waals surface area contributed by atoms with Gasteiger partial charge in [0.25, 0.3) is 5.52 Å². The summed E-state index contributed by atoms with van der Waals surface area (Å²) in [7, 11) is -4.24. The molecule has 0 saturated heterocycles. The van der Waals surface area contributed by atoms with Crippen LogP contribution in [0.5, 0.6) is 0 Å². The second kappa shape index (κ2) is 6.56. The summed E-state index contributed by atoms with van der Waals surface area (Å²) in [5.41, 5.74) is -0.988. The van der Waals surface area contributed by atoms with Crippen molar-refractivity contribution in [2.24, 2.45) is 0 Å². The summed E-state index contributed by atoms with van der Waals surface area (Å²) in [5, 5.41) is 0. The van der Waals surface area contributed by atoms with E-state index in [2.05, 4.69) is 9.05 Å². The molecule has 0 aromatic rings. The summed E-state index contributed by atoms with van der Waals surface area (Å²) in [6, 6.07) is 0. The summed E-state index contributed by atoms with van der Waals surface area (Å²) in [6.45, 7) is 2.82. The Hall–Kier alpha value is 0.0997. The summed E-state index contributed by atoms with van der Waals surface area (Å²) in [5.74, 6) is -1.89. The molecule has 0 aromatic heterocycles. The molecule has 0 aliphatic rings. The fourth-order valence-electron chi connectivity index (χ4n) is 0.486. The van der Waals surface area contributed by atoms with Crippen LogP contribution in [0.15, 0.2) is 0 Å². The Labute approximate surface area is 111 Å². The molecule has 0 amide bonds. The molecule has 0 rings (SSSR count). The first-order chi connectivity index (χ1) is 5.78. The summed E-state index contributed by atoms with van der Waals surface area (Å²) in [4.78, 5) is 31.5. The Bertz CT molecular complexity index is 279. The number of hydrogen-bond acceptors (Lipinski definition) is 6. The zero-order chi connectivity index (χ0) is 10.6. The van der Waals surface area contributed by atoms with Crippen molar-refractivity contribution in [1.29, 1.82) is 0 Å². The molecule has 6 nitrogen and oxygen atoms in total. The number of rotatable bonds is 3. The predicted molar refractivity (Wildman–Crippen MR) is 50.4 cm³/mol. The van der Waals surface area contributed by atoms with Gasteiger partial charge in [0.15, 0.2) is 0 Å². The van der Waals surface area contributed by atoms with Gasteiger partial charge in [0, 0.05) is 20.8 Å². The first-order valence-electron chi connectivity index (χ1n) is 3.29. The molecule has 0 N–H and O–H groups in total. The number of carbonyl (C=O) groups excluding carboxylic acids is 3. The van der Waals surface area contributed by atoms with Crippen LogP contribution in [-0.4, -0.2) is 55.2 Å². The molecule has 0 saturated carbocycles. The van der Waals surface area contributed by atoms with E-state index in [4.69, 9.17) is 0 Å². The molecule has 14 heavy (non-hydrogen) atoms. The fourth-order valence-corrected chi connectivity index (χ4v) is 1.46. The molecule has 0 aromatic carbocycles. The molecule has 0 unspecified atom stereocenters. The van der Waals surface area contributed by atoms with Crippen molar-refractivity contribution in [3.8, 4) is 0 Å². The second-order valence-corrected chi connectivity index (χ2v) is 4.17. The summed E-state index contributed by atoms with van der Waals surface area (Å²) in [6.07, 6.45) is 0. The number of carbonyl (C=O) groups is 3. The minimum atomic E-state index is -4.24. The van der Waals surface area contributed by atoms with Crippen molar-refractivity contribution in [2.75, 3.05) is 0 Å². The zero-order valence-electron chi connectivity index (χ0n) is 7.40. The van der Waals surface area contributed by atoms with Gasteiger partial charge in [-0.3, -0.25) is 14.4 Å². The van der Waals surface area contributed by atoms with E-state index in [1.807, 2.05) is 0 Å². The van der Waals surface area contributed by atoms with Crippen LogP contribution in [0.25, 0.3) is 0 Å². The molecule has 0 aliphatic heterocycles. The monoisotopic (exact) mass is 250 g/mol. The van der Waals surface area contributed by atoms with Crippen molar-refractivity contribution in [3.63, 3.8) is 0 Å². The molecular formula is C6H11CaO6P. The zero-order valence-corrected chi connectivity index (χ0v) is 8.29. The van der Waals surface area contributed by atoms with E-state index in [9.17, 15) is 18.9 Å². The van der Waals surface area contributed by atoms with E-state index in [1.54, 1.807) is 0 Å². The van der Waals surface area contributed by atoms with Gasteiger partial charge in [0.1, 0.15) is 0 Å². The standard InChI is InChI=1S/C6H9O6P.Ca.2H/c1-4(7)11-13(10,6(3)9)12-5(2)8;;;/h1-3H3;;;. The first kappa shape index (κ1) is 16.5. The molecule has 0 fully saturated rings. The minimum absolute atomic E-state index is 0. The Morgan fingerprint density at radius 2 is 1.21 bits per heavy atom. The van der Waals surface area contributed by atoms with Crippen LogP contribution in [0.1, 0.15) is 20.8 Å². The van der Waals surface area contributed by atoms with Gasteiger partial charge in [-0.1, -0.05) is 0 Å². The van der Waals surface area contributed by atoms with E-state index in [-0.39, 0.29) is 37.7 Å². The Morgan fingerprint density at radius 1 is 0.929 bits per heavy atom. The third kappa shape index (κ3) is 5.75. The number of hydrogen-bond donors (Lipinski definition) is 0. The maximum absolute atomic E-state index is 11.3. The van der Waals surface area contributed by atoms with Gasteiger partial charge in [0.05, 0.1) is 0 Å². The SMILES string of the molecule is CC(=O)OP(=O)(OC(C)=O)C(C)=O.[CaH2]. The van der Waals surface area contributed by atoms with Gasteiger partial charge in [-0.15, -0.1) is 0 Å². The quantitative estimate of drug-likeness (QED) is 0.515. The van der Waals surface area contributed by atoms with E-state index in [0.717, 1.165) is 20.8 Å². The van der Waals surface area contributed by atoms with Crippen LogP contribution < -0.4 is 0 Å². The summed E-state index contributed by atoms with van der Waals surface area (Å²) < 4.78 is 19.6. The molecule has 0 heterocycles. The molecule has 0 aliphatic carbocycles. The van der Waals surface area contributed by atoms with E-state index < -0.39 is 25.1 Å². The molecule has 8 heteroatoms. The van der Waals surface area contributed by atoms with E-state index in [1.165, 1.54) is 0 Å². The van der Waals surface area contributed by atoms with Crippen molar-refractivity contribution < 1.29 is 28.0 Å². The van der Waals surface area contributed by atoms with Crippen molar-refractivity contribution in [2.45, 2.75) is 20.8 Å². The van der Waals surface area contributed by atoms with Crippen molar-refractivity contribution >= 4 is 62.8 Å². The van der Waals surface area contributed by atoms with Crippen LogP contribution in [0.2, 0.25) is 0 Å². The topological polar surface area (TPSA) is 86.7 Å². The predicted octanol–water partition coefficient (Wildman–Crippen LogP) is -0.0640. The van der Waals surface area contributed by atoms with Gasteiger partial charge in [0.2, 0.25) is 0 Å². The van der Waals surface area contributed by atoms with E-state index in [0.29, 0.717) is 0 Å².